The van der Waals surface area contributed by atoms with Gasteiger partial charge < -0.3 is 4.84 Å². The van der Waals surface area contributed by atoms with Crippen LogP contribution in [-0.4, -0.2) is 23.8 Å². The number of thioether (sulfide) groups is 1. The lowest BCUT2D eigenvalue weighted by atomic mass is 10.1. The third-order valence-electron chi connectivity index (χ3n) is 1.68. The van der Waals surface area contributed by atoms with Crippen LogP contribution >= 0.6 is 11.8 Å². The summed E-state index contributed by atoms with van der Waals surface area (Å²) in [7, 11) is 1.58. The van der Waals surface area contributed by atoms with Crippen molar-refractivity contribution in [2.45, 2.75) is 24.5 Å². The normalized spacial score (nSPS) is 33.4. The summed E-state index contributed by atoms with van der Waals surface area (Å²) in [6.45, 7) is 2.20. The molecule has 58 valence electrons. The molecular formula is C7H13NOS. The predicted molar refractivity (Wildman–Crippen MR) is 45.6 cm³/mol. The van der Waals surface area contributed by atoms with E-state index < -0.39 is 0 Å². The van der Waals surface area contributed by atoms with Crippen LogP contribution in [0.5, 0.6) is 0 Å². The Bertz CT molecular complexity index is 130. The van der Waals surface area contributed by atoms with Gasteiger partial charge in [-0.25, -0.2) is 0 Å². The Hall–Kier alpha value is -0.180. The van der Waals surface area contributed by atoms with Crippen molar-refractivity contribution >= 4 is 18.0 Å². The summed E-state index contributed by atoms with van der Waals surface area (Å²) in [6, 6.07) is 0. The lowest BCUT2D eigenvalue weighted by molar-refractivity contribution is 0.214. The van der Waals surface area contributed by atoms with Gasteiger partial charge in [0.2, 0.25) is 0 Å². The van der Waals surface area contributed by atoms with Gasteiger partial charge in [0.15, 0.2) is 0 Å². The van der Waals surface area contributed by atoms with E-state index in [-0.39, 0.29) is 4.75 Å². The Labute approximate surface area is 66.0 Å². The smallest absolute Gasteiger partial charge is 0.106 e. The van der Waals surface area contributed by atoms with Gasteiger partial charge in [0.25, 0.3) is 0 Å². The molecule has 1 heterocycles. The average Bonchev–Trinajstić information content (AvgIpc) is 2.33. The van der Waals surface area contributed by atoms with Crippen LogP contribution in [0.2, 0.25) is 0 Å². The summed E-state index contributed by atoms with van der Waals surface area (Å²) in [6.07, 6.45) is 4.44. The van der Waals surface area contributed by atoms with Gasteiger partial charge >= 0.3 is 0 Å². The van der Waals surface area contributed by atoms with Gasteiger partial charge in [0, 0.05) is 0 Å². The quantitative estimate of drug-likeness (QED) is 0.453. The van der Waals surface area contributed by atoms with E-state index in [1.54, 1.807) is 7.11 Å². The Morgan fingerprint density at radius 2 is 2.50 bits per heavy atom. The van der Waals surface area contributed by atoms with Crippen LogP contribution < -0.4 is 0 Å². The van der Waals surface area contributed by atoms with E-state index in [1.165, 1.54) is 18.6 Å². The first-order chi connectivity index (χ1) is 4.77. The topological polar surface area (TPSA) is 21.6 Å². The molecule has 1 aliphatic rings. The predicted octanol–water partition coefficient (Wildman–Crippen LogP) is 1.90. The molecule has 1 aliphatic heterocycles. The second kappa shape index (κ2) is 3.28. The van der Waals surface area contributed by atoms with E-state index in [0.29, 0.717) is 0 Å². The molecule has 1 unspecified atom stereocenters. The van der Waals surface area contributed by atoms with Crippen molar-refractivity contribution in [3.05, 3.63) is 0 Å². The van der Waals surface area contributed by atoms with E-state index in [0.717, 1.165) is 0 Å². The molecule has 0 saturated carbocycles. The van der Waals surface area contributed by atoms with Gasteiger partial charge in [-0.3, -0.25) is 0 Å². The zero-order valence-corrected chi connectivity index (χ0v) is 7.28. The fourth-order valence-electron chi connectivity index (χ4n) is 1.07. The summed E-state index contributed by atoms with van der Waals surface area (Å²) in [5, 5.41) is 3.78. The van der Waals surface area contributed by atoms with E-state index in [4.69, 9.17) is 0 Å². The van der Waals surface area contributed by atoms with Crippen LogP contribution in [0.4, 0.5) is 0 Å². The van der Waals surface area contributed by atoms with E-state index in [1.807, 2.05) is 18.0 Å². The standard InChI is InChI=1S/C7H13NOS/c1-7(6-8-9-2)4-3-5-10-7/h6H,3-5H2,1-2H3/b8-6+. The molecule has 0 aliphatic carbocycles. The molecule has 0 N–H and O–H groups in total. The average molecular weight is 159 g/mol. The van der Waals surface area contributed by atoms with Crippen molar-refractivity contribution in [1.29, 1.82) is 0 Å². The minimum Gasteiger partial charge on any atom is -0.399 e. The van der Waals surface area contributed by atoms with Crippen molar-refractivity contribution in [3.63, 3.8) is 0 Å². The van der Waals surface area contributed by atoms with Gasteiger partial charge in [-0.05, 0) is 25.5 Å². The summed E-state index contributed by atoms with van der Waals surface area (Å²) < 4.78 is 0.246. The van der Waals surface area contributed by atoms with Crippen molar-refractivity contribution in [2.24, 2.45) is 5.16 Å². The lowest BCUT2D eigenvalue weighted by Gasteiger charge is -2.14. The number of nitrogens with zero attached hydrogens (tertiary/aromatic N) is 1. The van der Waals surface area contributed by atoms with Gasteiger partial charge in [0.05, 0.1) is 11.0 Å². The lowest BCUT2D eigenvalue weighted by Crippen LogP contribution is -2.17. The third-order valence-corrected chi connectivity index (χ3v) is 3.14. The largest absolute Gasteiger partial charge is 0.399 e. The molecule has 0 radical (unpaired) electrons. The highest BCUT2D eigenvalue weighted by Crippen LogP contribution is 2.35. The van der Waals surface area contributed by atoms with Crippen LogP contribution in [-0.2, 0) is 4.84 Å². The molecule has 1 fully saturated rings. The molecule has 0 bridgehead atoms. The van der Waals surface area contributed by atoms with Crippen molar-refractivity contribution in [2.75, 3.05) is 12.9 Å². The van der Waals surface area contributed by atoms with Gasteiger partial charge in [-0.15, -0.1) is 11.8 Å². The van der Waals surface area contributed by atoms with E-state index in [9.17, 15) is 0 Å². The SMILES string of the molecule is CO/N=C/C1(C)CCCS1. The molecule has 1 rings (SSSR count). The third kappa shape index (κ3) is 1.90. The Morgan fingerprint density at radius 1 is 1.70 bits per heavy atom. The first kappa shape index (κ1) is 7.92. The summed E-state index contributed by atoms with van der Waals surface area (Å²) in [5.74, 6) is 1.26. The number of rotatable bonds is 2. The molecule has 3 heteroatoms. The number of hydrogen-bond acceptors (Lipinski definition) is 3. The minimum atomic E-state index is 0.246. The Balaban J connectivity index is 2.43. The maximum absolute atomic E-state index is 4.63. The molecule has 2 nitrogen and oxygen atoms in total. The fourth-order valence-corrected chi connectivity index (χ4v) is 2.23. The fraction of sp³-hybridized carbons (Fsp3) is 0.857. The zero-order chi connectivity index (χ0) is 7.45. The van der Waals surface area contributed by atoms with Crippen molar-refractivity contribution in [3.8, 4) is 0 Å². The van der Waals surface area contributed by atoms with Crippen LogP contribution in [0.15, 0.2) is 5.16 Å². The minimum absolute atomic E-state index is 0.246. The van der Waals surface area contributed by atoms with Crippen molar-refractivity contribution < 1.29 is 4.84 Å². The first-order valence-electron chi connectivity index (χ1n) is 3.48. The second-order valence-electron chi connectivity index (χ2n) is 2.68. The molecule has 1 saturated heterocycles. The van der Waals surface area contributed by atoms with Gasteiger partial charge in [-0.2, -0.15) is 0 Å². The second-order valence-corrected chi connectivity index (χ2v) is 4.31. The highest BCUT2D eigenvalue weighted by Gasteiger charge is 2.27. The summed E-state index contributed by atoms with van der Waals surface area (Å²) >= 11 is 1.96. The molecule has 0 aromatic carbocycles. The van der Waals surface area contributed by atoms with Gasteiger partial charge in [0.1, 0.15) is 7.11 Å². The highest BCUT2D eigenvalue weighted by molar-refractivity contribution is 8.01. The van der Waals surface area contributed by atoms with Crippen LogP contribution in [0.25, 0.3) is 0 Å². The maximum atomic E-state index is 4.63. The highest BCUT2D eigenvalue weighted by atomic mass is 32.2. The number of hydrogen-bond donors (Lipinski definition) is 0. The monoisotopic (exact) mass is 159 g/mol. The molecular weight excluding hydrogens is 146 g/mol. The Kier molecular flexibility index (Phi) is 2.60. The molecule has 0 spiro atoms. The van der Waals surface area contributed by atoms with Gasteiger partial charge in [-0.1, -0.05) is 5.16 Å². The molecule has 0 aromatic rings. The van der Waals surface area contributed by atoms with Crippen LogP contribution in [0.3, 0.4) is 0 Å². The molecule has 1 atom stereocenters. The van der Waals surface area contributed by atoms with E-state index in [2.05, 4.69) is 16.9 Å². The van der Waals surface area contributed by atoms with Crippen LogP contribution in [0.1, 0.15) is 19.8 Å². The molecule has 0 amide bonds. The number of oxime groups is 1. The summed E-state index contributed by atoms with van der Waals surface area (Å²) in [4.78, 5) is 4.63. The maximum Gasteiger partial charge on any atom is 0.106 e. The molecule has 0 aromatic heterocycles. The first-order valence-corrected chi connectivity index (χ1v) is 4.47. The van der Waals surface area contributed by atoms with E-state index >= 15 is 0 Å². The molecule has 10 heavy (non-hydrogen) atoms. The Morgan fingerprint density at radius 3 is 3.00 bits per heavy atom. The summed E-state index contributed by atoms with van der Waals surface area (Å²) in [5.41, 5.74) is 0. The van der Waals surface area contributed by atoms with Crippen LogP contribution in [0, 0.1) is 0 Å². The van der Waals surface area contributed by atoms with Crippen molar-refractivity contribution in [1.82, 2.24) is 0 Å². The zero-order valence-electron chi connectivity index (χ0n) is 6.46.